The molecule has 0 amide bonds. The first kappa shape index (κ1) is 12.4. The van der Waals surface area contributed by atoms with Crippen LogP contribution in [0.3, 0.4) is 0 Å². The highest BCUT2D eigenvalue weighted by Gasteiger charge is 2.12. The van der Waals surface area contributed by atoms with Crippen LogP contribution in [0.1, 0.15) is 5.56 Å². The van der Waals surface area contributed by atoms with Crippen molar-refractivity contribution in [1.29, 1.82) is 0 Å². The van der Waals surface area contributed by atoms with Gasteiger partial charge < -0.3 is 9.84 Å². The maximum Gasteiger partial charge on any atom is 0.165 e. The van der Waals surface area contributed by atoms with Gasteiger partial charge in [0.15, 0.2) is 11.6 Å². The number of hydrogen-bond acceptors (Lipinski definition) is 2. The molecule has 0 aliphatic carbocycles. The van der Waals surface area contributed by atoms with Crippen LogP contribution in [0.5, 0.6) is 11.5 Å². The standard InChI is InChI=1S/C13H9F3O2/c14-8-4-5-11(16)13(6-8)18-12-3-1-2-10(15)9(12)7-17/h1-6,17H,7H2. The molecule has 0 fully saturated rings. The van der Waals surface area contributed by atoms with Crippen LogP contribution in [0.4, 0.5) is 13.2 Å². The molecule has 0 saturated heterocycles. The number of hydrogen-bond donors (Lipinski definition) is 1. The molecule has 18 heavy (non-hydrogen) atoms. The van der Waals surface area contributed by atoms with Crippen molar-refractivity contribution in [3.05, 3.63) is 59.4 Å². The summed E-state index contributed by atoms with van der Waals surface area (Å²) in [7, 11) is 0. The zero-order chi connectivity index (χ0) is 13.1. The third kappa shape index (κ3) is 2.46. The molecule has 2 aromatic rings. The maximum atomic E-state index is 13.3. The van der Waals surface area contributed by atoms with E-state index in [1.54, 1.807) is 0 Å². The number of rotatable bonds is 3. The van der Waals surface area contributed by atoms with E-state index in [4.69, 9.17) is 9.84 Å². The third-order valence-electron chi connectivity index (χ3n) is 2.35. The zero-order valence-corrected chi connectivity index (χ0v) is 9.16. The normalized spacial score (nSPS) is 10.4. The number of aliphatic hydroxyl groups is 1. The average Bonchev–Trinajstić information content (AvgIpc) is 2.34. The van der Waals surface area contributed by atoms with Crippen molar-refractivity contribution in [2.24, 2.45) is 0 Å². The van der Waals surface area contributed by atoms with E-state index < -0.39 is 24.1 Å². The summed E-state index contributed by atoms with van der Waals surface area (Å²) >= 11 is 0. The third-order valence-corrected chi connectivity index (χ3v) is 2.35. The quantitative estimate of drug-likeness (QED) is 0.909. The van der Waals surface area contributed by atoms with Crippen molar-refractivity contribution >= 4 is 0 Å². The number of aliphatic hydroxyl groups excluding tert-OH is 1. The van der Waals surface area contributed by atoms with Crippen LogP contribution in [0, 0.1) is 17.5 Å². The van der Waals surface area contributed by atoms with Crippen molar-refractivity contribution in [2.75, 3.05) is 0 Å². The fourth-order valence-corrected chi connectivity index (χ4v) is 1.46. The van der Waals surface area contributed by atoms with Crippen LogP contribution < -0.4 is 4.74 Å². The summed E-state index contributed by atoms with van der Waals surface area (Å²) in [6, 6.07) is 6.55. The lowest BCUT2D eigenvalue weighted by Crippen LogP contribution is -1.97. The first-order valence-electron chi connectivity index (χ1n) is 5.13. The van der Waals surface area contributed by atoms with Gasteiger partial charge in [0, 0.05) is 6.07 Å². The Hall–Kier alpha value is -2.01. The molecule has 0 saturated carbocycles. The van der Waals surface area contributed by atoms with Gasteiger partial charge in [-0.2, -0.15) is 0 Å². The van der Waals surface area contributed by atoms with Gasteiger partial charge in [0.25, 0.3) is 0 Å². The van der Waals surface area contributed by atoms with Crippen LogP contribution in [-0.4, -0.2) is 5.11 Å². The number of ether oxygens (including phenoxy) is 1. The molecule has 0 unspecified atom stereocenters. The molecule has 0 spiro atoms. The molecule has 2 rings (SSSR count). The fraction of sp³-hybridized carbons (Fsp3) is 0.0769. The van der Waals surface area contributed by atoms with E-state index in [9.17, 15) is 13.2 Å². The second-order valence-electron chi connectivity index (χ2n) is 3.55. The minimum Gasteiger partial charge on any atom is -0.454 e. The van der Waals surface area contributed by atoms with Gasteiger partial charge in [-0.05, 0) is 24.3 Å². The average molecular weight is 254 g/mol. The predicted octanol–water partition coefficient (Wildman–Crippen LogP) is 3.39. The van der Waals surface area contributed by atoms with Gasteiger partial charge in [0.1, 0.15) is 17.4 Å². The molecule has 0 radical (unpaired) electrons. The molecule has 1 N–H and O–H groups in total. The van der Waals surface area contributed by atoms with E-state index in [1.807, 2.05) is 0 Å². The SMILES string of the molecule is OCc1c(F)cccc1Oc1cc(F)ccc1F. The Kier molecular flexibility index (Phi) is 3.53. The largest absolute Gasteiger partial charge is 0.454 e. The zero-order valence-electron chi connectivity index (χ0n) is 9.16. The summed E-state index contributed by atoms with van der Waals surface area (Å²) < 4.78 is 44.7. The molecular formula is C13H9F3O2. The topological polar surface area (TPSA) is 29.5 Å². The minimum absolute atomic E-state index is 0.0537. The summed E-state index contributed by atoms with van der Waals surface area (Å²) in [6.45, 7) is -0.598. The van der Waals surface area contributed by atoms with Crippen molar-refractivity contribution in [3.8, 4) is 11.5 Å². The van der Waals surface area contributed by atoms with Crippen molar-refractivity contribution in [3.63, 3.8) is 0 Å². The summed E-state index contributed by atoms with van der Waals surface area (Å²) in [5, 5.41) is 9.01. The lowest BCUT2D eigenvalue weighted by Gasteiger charge is -2.10. The molecule has 5 heteroatoms. The van der Waals surface area contributed by atoms with Gasteiger partial charge in [0.2, 0.25) is 0 Å². The van der Waals surface area contributed by atoms with Gasteiger partial charge in [-0.15, -0.1) is 0 Å². The van der Waals surface area contributed by atoms with E-state index in [1.165, 1.54) is 12.1 Å². The van der Waals surface area contributed by atoms with Crippen LogP contribution in [0.15, 0.2) is 36.4 Å². The van der Waals surface area contributed by atoms with Crippen LogP contribution in [0.2, 0.25) is 0 Å². The highest BCUT2D eigenvalue weighted by atomic mass is 19.1. The van der Waals surface area contributed by atoms with Crippen molar-refractivity contribution < 1.29 is 23.0 Å². The highest BCUT2D eigenvalue weighted by molar-refractivity contribution is 5.38. The Morgan fingerprint density at radius 2 is 1.72 bits per heavy atom. The van der Waals surface area contributed by atoms with E-state index in [2.05, 4.69) is 0 Å². The Labute approximate surface area is 101 Å². The highest BCUT2D eigenvalue weighted by Crippen LogP contribution is 2.29. The molecule has 2 nitrogen and oxygen atoms in total. The van der Waals surface area contributed by atoms with Crippen LogP contribution in [-0.2, 0) is 6.61 Å². The Bertz CT molecular complexity index is 570. The molecular weight excluding hydrogens is 245 g/mol. The number of benzene rings is 2. The lowest BCUT2D eigenvalue weighted by atomic mass is 10.2. The monoisotopic (exact) mass is 254 g/mol. The maximum absolute atomic E-state index is 13.3. The van der Waals surface area contributed by atoms with E-state index in [0.717, 1.165) is 24.3 Å². The van der Waals surface area contributed by atoms with Gasteiger partial charge >= 0.3 is 0 Å². The Morgan fingerprint density at radius 1 is 0.944 bits per heavy atom. The summed E-state index contributed by atoms with van der Waals surface area (Å²) in [6.07, 6.45) is 0. The van der Waals surface area contributed by atoms with E-state index >= 15 is 0 Å². The fourth-order valence-electron chi connectivity index (χ4n) is 1.46. The van der Waals surface area contributed by atoms with Gasteiger partial charge in [-0.3, -0.25) is 0 Å². The molecule has 0 atom stereocenters. The number of halogens is 3. The van der Waals surface area contributed by atoms with Gasteiger partial charge in [0.05, 0.1) is 12.2 Å². The van der Waals surface area contributed by atoms with E-state index in [-0.39, 0.29) is 17.1 Å². The van der Waals surface area contributed by atoms with E-state index in [0.29, 0.717) is 0 Å². The molecule has 0 bridgehead atoms. The Balaban J connectivity index is 2.40. The van der Waals surface area contributed by atoms with Gasteiger partial charge in [-0.25, -0.2) is 13.2 Å². The molecule has 0 aliphatic rings. The smallest absolute Gasteiger partial charge is 0.165 e. The van der Waals surface area contributed by atoms with Crippen molar-refractivity contribution in [2.45, 2.75) is 6.61 Å². The lowest BCUT2D eigenvalue weighted by molar-refractivity contribution is 0.269. The first-order chi connectivity index (χ1) is 8.61. The summed E-state index contributed by atoms with van der Waals surface area (Å²) in [5.74, 6) is -2.54. The summed E-state index contributed by atoms with van der Waals surface area (Å²) in [5.41, 5.74) is -0.110. The molecule has 0 heterocycles. The summed E-state index contributed by atoms with van der Waals surface area (Å²) in [4.78, 5) is 0. The van der Waals surface area contributed by atoms with Crippen LogP contribution >= 0.6 is 0 Å². The predicted molar refractivity (Wildman–Crippen MR) is 58.8 cm³/mol. The molecule has 94 valence electrons. The molecule has 2 aromatic carbocycles. The molecule has 0 aromatic heterocycles. The van der Waals surface area contributed by atoms with Crippen molar-refractivity contribution in [1.82, 2.24) is 0 Å². The second kappa shape index (κ2) is 5.10. The molecule has 0 aliphatic heterocycles. The second-order valence-corrected chi connectivity index (χ2v) is 3.55. The van der Waals surface area contributed by atoms with Crippen LogP contribution in [0.25, 0.3) is 0 Å². The Morgan fingerprint density at radius 3 is 2.44 bits per heavy atom. The minimum atomic E-state index is -0.774. The van der Waals surface area contributed by atoms with Gasteiger partial charge in [-0.1, -0.05) is 6.07 Å². The first-order valence-corrected chi connectivity index (χ1v) is 5.13.